The molecule has 0 spiro atoms. The Morgan fingerprint density at radius 2 is 1.95 bits per heavy atom. The first-order valence-corrected chi connectivity index (χ1v) is 6.24. The molecule has 2 aromatic rings. The topological polar surface area (TPSA) is 67.1 Å². The molecular weight excluding hydrogens is 262 g/mol. The van der Waals surface area contributed by atoms with Gasteiger partial charge in [-0.1, -0.05) is 23.7 Å². The zero-order valence-corrected chi connectivity index (χ0v) is 11.6. The van der Waals surface area contributed by atoms with Crippen molar-refractivity contribution in [2.24, 2.45) is 5.84 Å². The molecular formula is C13H16ClN5. The molecule has 0 aliphatic rings. The molecule has 0 amide bonds. The molecule has 0 saturated carbocycles. The van der Waals surface area contributed by atoms with Gasteiger partial charge in [-0.15, -0.1) is 0 Å². The van der Waals surface area contributed by atoms with Gasteiger partial charge < -0.3 is 4.90 Å². The highest BCUT2D eigenvalue weighted by Gasteiger charge is 2.07. The van der Waals surface area contributed by atoms with Crippen molar-refractivity contribution in [1.82, 2.24) is 9.97 Å². The maximum absolute atomic E-state index is 5.87. The van der Waals surface area contributed by atoms with E-state index < -0.39 is 0 Å². The highest BCUT2D eigenvalue weighted by Crippen LogP contribution is 2.17. The van der Waals surface area contributed by atoms with Gasteiger partial charge in [0.2, 0.25) is 5.95 Å². The molecule has 0 atom stereocenters. The standard InChI is InChI=1S/C13H16ClN5/c1-9-7-12(17-13(16-9)18-15)19(2)8-10-3-5-11(14)6-4-10/h3-7H,8,15H2,1-2H3,(H,16,17,18). The van der Waals surface area contributed by atoms with Crippen molar-refractivity contribution in [2.75, 3.05) is 17.4 Å². The summed E-state index contributed by atoms with van der Waals surface area (Å²) in [5.41, 5.74) is 4.49. The fourth-order valence-corrected chi connectivity index (χ4v) is 1.88. The summed E-state index contributed by atoms with van der Waals surface area (Å²) < 4.78 is 0. The van der Waals surface area contributed by atoms with E-state index in [0.29, 0.717) is 5.95 Å². The van der Waals surface area contributed by atoms with Crippen LogP contribution in [-0.4, -0.2) is 17.0 Å². The summed E-state index contributed by atoms with van der Waals surface area (Å²) >= 11 is 5.87. The number of aromatic nitrogens is 2. The molecule has 0 radical (unpaired) electrons. The molecule has 100 valence electrons. The van der Waals surface area contributed by atoms with Crippen molar-refractivity contribution in [2.45, 2.75) is 13.5 Å². The summed E-state index contributed by atoms with van der Waals surface area (Å²) in [6, 6.07) is 9.66. The molecule has 1 aromatic heterocycles. The smallest absolute Gasteiger partial charge is 0.239 e. The number of nitrogens with zero attached hydrogens (tertiary/aromatic N) is 3. The molecule has 0 saturated heterocycles. The van der Waals surface area contributed by atoms with Gasteiger partial charge in [0, 0.05) is 30.4 Å². The Bertz CT molecular complexity index is 555. The van der Waals surface area contributed by atoms with Gasteiger partial charge >= 0.3 is 0 Å². The van der Waals surface area contributed by atoms with Crippen LogP contribution in [0.3, 0.4) is 0 Å². The minimum atomic E-state index is 0.415. The van der Waals surface area contributed by atoms with E-state index in [1.807, 2.05) is 49.2 Å². The minimum Gasteiger partial charge on any atom is -0.355 e. The molecule has 1 heterocycles. The lowest BCUT2D eigenvalue weighted by atomic mass is 10.2. The maximum Gasteiger partial charge on any atom is 0.239 e. The normalized spacial score (nSPS) is 10.3. The average Bonchev–Trinajstić information content (AvgIpc) is 2.40. The molecule has 6 heteroatoms. The van der Waals surface area contributed by atoms with Crippen LogP contribution in [0, 0.1) is 6.92 Å². The third-order valence-electron chi connectivity index (χ3n) is 2.69. The Hall–Kier alpha value is -1.85. The SMILES string of the molecule is Cc1cc(N(C)Cc2ccc(Cl)cc2)nc(NN)n1. The Labute approximate surface area is 117 Å². The predicted octanol–water partition coefficient (Wildman–Crippen LogP) is 2.36. The van der Waals surface area contributed by atoms with Crippen molar-refractivity contribution < 1.29 is 0 Å². The van der Waals surface area contributed by atoms with Gasteiger partial charge in [-0.25, -0.2) is 10.8 Å². The molecule has 0 aliphatic heterocycles. The fraction of sp³-hybridized carbons (Fsp3) is 0.231. The van der Waals surface area contributed by atoms with Crippen LogP contribution < -0.4 is 16.2 Å². The Balaban J connectivity index is 2.17. The monoisotopic (exact) mass is 277 g/mol. The summed E-state index contributed by atoms with van der Waals surface area (Å²) in [4.78, 5) is 10.5. The number of benzene rings is 1. The molecule has 2 rings (SSSR count). The zero-order valence-electron chi connectivity index (χ0n) is 10.9. The third-order valence-corrected chi connectivity index (χ3v) is 2.95. The molecule has 0 fully saturated rings. The third kappa shape index (κ3) is 3.56. The second-order valence-electron chi connectivity index (χ2n) is 4.32. The van der Waals surface area contributed by atoms with Crippen molar-refractivity contribution in [3.05, 3.63) is 46.6 Å². The minimum absolute atomic E-state index is 0.415. The summed E-state index contributed by atoms with van der Waals surface area (Å²) in [5.74, 6) is 6.58. The summed E-state index contributed by atoms with van der Waals surface area (Å²) in [5, 5.41) is 0.735. The average molecular weight is 278 g/mol. The van der Waals surface area contributed by atoms with Crippen molar-refractivity contribution in [1.29, 1.82) is 0 Å². The molecule has 1 aromatic carbocycles. The van der Waals surface area contributed by atoms with E-state index >= 15 is 0 Å². The van der Waals surface area contributed by atoms with Crippen LogP contribution in [0.1, 0.15) is 11.3 Å². The number of hydrogen-bond donors (Lipinski definition) is 2. The van der Waals surface area contributed by atoms with Gasteiger partial charge in [0.25, 0.3) is 0 Å². The van der Waals surface area contributed by atoms with E-state index in [9.17, 15) is 0 Å². The molecule has 0 aliphatic carbocycles. The largest absolute Gasteiger partial charge is 0.355 e. The van der Waals surface area contributed by atoms with Crippen LogP contribution in [0.4, 0.5) is 11.8 Å². The van der Waals surface area contributed by atoms with Gasteiger partial charge in [0.05, 0.1) is 0 Å². The van der Waals surface area contributed by atoms with Gasteiger partial charge in [-0.2, -0.15) is 4.98 Å². The van der Waals surface area contributed by atoms with E-state index in [4.69, 9.17) is 17.4 Å². The Morgan fingerprint density at radius 1 is 1.26 bits per heavy atom. The van der Waals surface area contributed by atoms with Crippen LogP contribution in [0.25, 0.3) is 0 Å². The number of nitrogens with two attached hydrogens (primary N) is 1. The van der Waals surface area contributed by atoms with E-state index in [0.717, 1.165) is 28.6 Å². The number of aryl methyl sites for hydroxylation is 1. The van der Waals surface area contributed by atoms with E-state index in [1.54, 1.807) is 0 Å². The van der Waals surface area contributed by atoms with Crippen LogP contribution >= 0.6 is 11.6 Å². The van der Waals surface area contributed by atoms with Gasteiger partial charge in [0.1, 0.15) is 5.82 Å². The number of hydrazine groups is 1. The highest BCUT2D eigenvalue weighted by atomic mass is 35.5. The maximum atomic E-state index is 5.87. The second kappa shape index (κ2) is 5.86. The van der Waals surface area contributed by atoms with Crippen LogP contribution in [0.2, 0.25) is 5.02 Å². The number of halogens is 1. The van der Waals surface area contributed by atoms with E-state index in [2.05, 4.69) is 15.4 Å². The lowest BCUT2D eigenvalue weighted by molar-refractivity contribution is 0.886. The van der Waals surface area contributed by atoms with Crippen LogP contribution in [0.15, 0.2) is 30.3 Å². The Morgan fingerprint density at radius 3 is 2.58 bits per heavy atom. The fourth-order valence-electron chi connectivity index (χ4n) is 1.76. The lowest BCUT2D eigenvalue weighted by Gasteiger charge is -2.19. The number of anilines is 2. The quantitative estimate of drug-likeness (QED) is 0.663. The number of rotatable bonds is 4. The zero-order chi connectivity index (χ0) is 13.8. The highest BCUT2D eigenvalue weighted by molar-refractivity contribution is 6.30. The van der Waals surface area contributed by atoms with Gasteiger partial charge in [-0.3, -0.25) is 5.43 Å². The van der Waals surface area contributed by atoms with Crippen molar-refractivity contribution >= 4 is 23.4 Å². The summed E-state index contributed by atoms with van der Waals surface area (Å²) in [6.07, 6.45) is 0. The number of nitrogen functional groups attached to an aromatic ring is 1. The van der Waals surface area contributed by atoms with Crippen molar-refractivity contribution in [3.8, 4) is 0 Å². The lowest BCUT2D eigenvalue weighted by Crippen LogP contribution is -2.20. The predicted molar refractivity (Wildman–Crippen MR) is 78.1 cm³/mol. The molecule has 19 heavy (non-hydrogen) atoms. The second-order valence-corrected chi connectivity index (χ2v) is 4.75. The van der Waals surface area contributed by atoms with Gasteiger partial charge in [0.15, 0.2) is 0 Å². The van der Waals surface area contributed by atoms with E-state index in [1.165, 1.54) is 0 Å². The Kier molecular flexibility index (Phi) is 4.19. The molecule has 0 unspecified atom stereocenters. The van der Waals surface area contributed by atoms with Crippen LogP contribution in [0.5, 0.6) is 0 Å². The molecule has 3 N–H and O–H groups in total. The summed E-state index contributed by atoms with van der Waals surface area (Å²) in [7, 11) is 1.97. The van der Waals surface area contributed by atoms with Crippen molar-refractivity contribution in [3.63, 3.8) is 0 Å². The number of nitrogens with one attached hydrogen (secondary N) is 1. The van der Waals surface area contributed by atoms with E-state index in [-0.39, 0.29) is 0 Å². The first-order valence-electron chi connectivity index (χ1n) is 5.86. The first-order chi connectivity index (χ1) is 9.08. The molecule has 0 bridgehead atoms. The number of hydrogen-bond acceptors (Lipinski definition) is 5. The first kappa shape index (κ1) is 13.6. The molecule has 5 nitrogen and oxygen atoms in total. The van der Waals surface area contributed by atoms with Gasteiger partial charge in [-0.05, 0) is 24.6 Å². The summed E-state index contributed by atoms with van der Waals surface area (Å²) in [6.45, 7) is 2.64. The van der Waals surface area contributed by atoms with Crippen LogP contribution in [-0.2, 0) is 6.54 Å².